The Morgan fingerprint density at radius 3 is 1.65 bits per heavy atom. The molecule has 0 saturated carbocycles. The number of rotatable bonds is 6. The van der Waals surface area contributed by atoms with Gasteiger partial charge in [-0.2, -0.15) is 0 Å². The number of phenols is 1. The van der Waals surface area contributed by atoms with E-state index in [2.05, 4.69) is 13.8 Å². The van der Waals surface area contributed by atoms with Crippen molar-refractivity contribution in [1.82, 2.24) is 0 Å². The van der Waals surface area contributed by atoms with Crippen LogP contribution < -0.4 is 0 Å². The number of carboxylic acid groups (broad SMARTS) is 1. The van der Waals surface area contributed by atoms with E-state index in [1.807, 2.05) is 36.4 Å². The molecule has 0 atom stereocenters. The molecule has 0 bridgehead atoms. The second-order valence-corrected chi connectivity index (χ2v) is 5.48. The van der Waals surface area contributed by atoms with Crippen LogP contribution >= 0.6 is 0 Å². The summed E-state index contributed by atoms with van der Waals surface area (Å²) in [6, 6.07) is 15.0. The summed E-state index contributed by atoms with van der Waals surface area (Å²) in [6.07, 6.45) is 1.83. The van der Waals surface area contributed by atoms with Crippen molar-refractivity contribution in [1.29, 1.82) is 0 Å². The molecule has 0 heterocycles. The average Bonchev–Trinajstić information content (AvgIpc) is 2.54. The summed E-state index contributed by atoms with van der Waals surface area (Å²) in [7, 11) is 0. The fraction of sp³-hybridized carbons (Fsp3) is 0.250. The zero-order chi connectivity index (χ0) is 16.8. The maximum absolute atomic E-state index is 10.8. The Morgan fingerprint density at radius 2 is 1.26 bits per heavy atom. The molecular weight excluding hydrogens is 288 g/mol. The van der Waals surface area contributed by atoms with Crippen molar-refractivity contribution in [2.45, 2.75) is 33.1 Å². The SMILES string of the molecule is CCC(=C(CC)c1ccc(CC(=O)O)cc1)c1ccc(O)cc1. The van der Waals surface area contributed by atoms with Crippen molar-refractivity contribution in [3.8, 4) is 5.75 Å². The smallest absolute Gasteiger partial charge is 0.307 e. The van der Waals surface area contributed by atoms with Gasteiger partial charge in [0.05, 0.1) is 6.42 Å². The quantitative estimate of drug-likeness (QED) is 0.757. The Hall–Kier alpha value is -2.55. The molecule has 0 aliphatic rings. The molecule has 3 heteroatoms. The molecule has 0 spiro atoms. The first-order chi connectivity index (χ1) is 11.0. The summed E-state index contributed by atoms with van der Waals surface area (Å²) in [4.78, 5) is 10.8. The van der Waals surface area contributed by atoms with E-state index >= 15 is 0 Å². The zero-order valence-electron chi connectivity index (χ0n) is 13.5. The van der Waals surface area contributed by atoms with Gasteiger partial charge in [-0.25, -0.2) is 0 Å². The fourth-order valence-corrected chi connectivity index (χ4v) is 2.84. The molecule has 0 fully saturated rings. The van der Waals surface area contributed by atoms with Crippen molar-refractivity contribution in [3.05, 3.63) is 65.2 Å². The lowest BCUT2D eigenvalue weighted by atomic mass is 9.91. The molecule has 120 valence electrons. The Kier molecular flexibility index (Phi) is 5.58. The number of hydrogen-bond acceptors (Lipinski definition) is 2. The van der Waals surface area contributed by atoms with E-state index < -0.39 is 5.97 Å². The summed E-state index contributed by atoms with van der Waals surface area (Å²) in [5, 5.41) is 18.3. The van der Waals surface area contributed by atoms with Crippen LogP contribution in [0.3, 0.4) is 0 Å². The number of aromatic hydroxyl groups is 1. The predicted molar refractivity (Wildman–Crippen MR) is 93.3 cm³/mol. The second kappa shape index (κ2) is 7.63. The van der Waals surface area contributed by atoms with Gasteiger partial charge >= 0.3 is 5.97 Å². The molecule has 0 aromatic heterocycles. The van der Waals surface area contributed by atoms with E-state index in [1.54, 1.807) is 12.1 Å². The van der Waals surface area contributed by atoms with Crippen LogP contribution in [0.4, 0.5) is 0 Å². The van der Waals surface area contributed by atoms with Gasteiger partial charge in [0.2, 0.25) is 0 Å². The number of benzene rings is 2. The normalized spacial score (nSPS) is 11.9. The molecule has 2 N–H and O–H groups in total. The maximum atomic E-state index is 10.8. The molecule has 23 heavy (non-hydrogen) atoms. The minimum atomic E-state index is -0.817. The highest BCUT2D eigenvalue weighted by Crippen LogP contribution is 2.32. The number of carbonyl (C=O) groups is 1. The van der Waals surface area contributed by atoms with Crippen molar-refractivity contribution in [2.24, 2.45) is 0 Å². The molecule has 0 radical (unpaired) electrons. The number of phenolic OH excluding ortho intramolecular Hbond substituents is 1. The Balaban J connectivity index is 2.42. The lowest BCUT2D eigenvalue weighted by molar-refractivity contribution is -0.136. The summed E-state index contributed by atoms with van der Waals surface area (Å²) in [6.45, 7) is 4.24. The Labute approximate surface area is 136 Å². The number of carboxylic acids is 1. The van der Waals surface area contributed by atoms with Crippen LogP contribution in [0.5, 0.6) is 5.75 Å². The molecule has 0 aliphatic carbocycles. The van der Waals surface area contributed by atoms with E-state index in [0.717, 1.165) is 29.5 Å². The van der Waals surface area contributed by atoms with E-state index in [0.29, 0.717) is 0 Å². The van der Waals surface area contributed by atoms with E-state index in [-0.39, 0.29) is 12.2 Å². The number of allylic oxidation sites excluding steroid dienone is 2. The highest BCUT2D eigenvalue weighted by molar-refractivity contribution is 5.90. The molecule has 0 amide bonds. The third-order valence-electron chi connectivity index (χ3n) is 3.94. The van der Waals surface area contributed by atoms with Crippen LogP contribution in [-0.2, 0) is 11.2 Å². The largest absolute Gasteiger partial charge is 0.508 e. The molecule has 3 nitrogen and oxygen atoms in total. The van der Waals surface area contributed by atoms with E-state index in [4.69, 9.17) is 5.11 Å². The van der Waals surface area contributed by atoms with Gasteiger partial charge in [-0.05, 0) is 52.8 Å². The maximum Gasteiger partial charge on any atom is 0.307 e. The molecule has 2 rings (SSSR count). The fourth-order valence-electron chi connectivity index (χ4n) is 2.84. The first-order valence-corrected chi connectivity index (χ1v) is 7.87. The topological polar surface area (TPSA) is 57.5 Å². The third kappa shape index (κ3) is 4.22. The van der Waals surface area contributed by atoms with Crippen molar-refractivity contribution >= 4 is 17.1 Å². The third-order valence-corrected chi connectivity index (χ3v) is 3.94. The van der Waals surface area contributed by atoms with E-state index in [9.17, 15) is 9.90 Å². The first kappa shape index (κ1) is 16.8. The zero-order valence-corrected chi connectivity index (χ0v) is 13.5. The van der Waals surface area contributed by atoms with Gasteiger partial charge in [-0.3, -0.25) is 4.79 Å². The van der Waals surface area contributed by atoms with Gasteiger partial charge < -0.3 is 10.2 Å². The molecule has 0 aliphatic heterocycles. The van der Waals surface area contributed by atoms with Crippen LogP contribution in [0.15, 0.2) is 48.5 Å². The van der Waals surface area contributed by atoms with Gasteiger partial charge in [0.1, 0.15) is 5.75 Å². The molecule has 2 aromatic rings. The summed E-state index contributed by atoms with van der Waals surface area (Å²) < 4.78 is 0. The summed E-state index contributed by atoms with van der Waals surface area (Å²) in [5.41, 5.74) is 5.53. The first-order valence-electron chi connectivity index (χ1n) is 7.87. The standard InChI is InChI=1S/C20H22O3/c1-3-18(15-7-5-14(6-8-15)13-20(22)23)19(4-2)16-9-11-17(21)12-10-16/h5-12,21H,3-4,13H2,1-2H3,(H,22,23). The Bertz CT molecular complexity index is 695. The summed E-state index contributed by atoms with van der Waals surface area (Å²) in [5.74, 6) is -0.553. The van der Waals surface area contributed by atoms with Crippen LogP contribution in [0.2, 0.25) is 0 Å². The molecular formula is C20H22O3. The summed E-state index contributed by atoms with van der Waals surface area (Å²) >= 11 is 0. The minimum Gasteiger partial charge on any atom is -0.508 e. The lowest BCUT2D eigenvalue weighted by Crippen LogP contribution is -2.00. The predicted octanol–water partition coefficient (Wildman–Crippen LogP) is 4.75. The van der Waals surface area contributed by atoms with Gasteiger partial charge in [0.25, 0.3) is 0 Å². The van der Waals surface area contributed by atoms with Crippen molar-refractivity contribution in [3.63, 3.8) is 0 Å². The van der Waals surface area contributed by atoms with Crippen LogP contribution in [0, 0.1) is 0 Å². The van der Waals surface area contributed by atoms with Gasteiger partial charge in [0, 0.05) is 0 Å². The van der Waals surface area contributed by atoms with Crippen LogP contribution in [-0.4, -0.2) is 16.2 Å². The van der Waals surface area contributed by atoms with Gasteiger partial charge in [-0.1, -0.05) is 50.2 Å². The number of aliphatic carboxylic acids is 1. The lowest BCUT2D eigenvalue weighted by Gasteiger charge is -2.14. The highest BCUT2D eigenvalue weighted by atomic mass is 16.4. The molecule has 0 saturated heterocycles. The Morgan fingerprint density at radius 1 is 0.826 bits per heavy atom. The van der Waals surface area contributed by atoms with Gasteiger partial charge in [-0.15, -0.1) is 0 Å². The minimum absolute atomic E-state index is 0.0457. The van der Waals surface area contributed by atoms with Crippen molar-refractivity contribution < 1.29 is 15.0 Å². The van der Waals surface area contributed by atoms with Crippen molar-refractivity contribution in [2.75, 3.05) is 0 Å². The number of hydrogen-bond donors (Lipinski definition) is 2. The average molecular weight is 310 g/mol. The van der Waals surface area contributed by atoms with Crippen LogP contribution in [0.1, 0.15) is 43.4 Å². The van der Waals surface area contributed by atoms with E-state index in [1.165, 1.54) is 11.1 Å². The van der Waals surface area contributed by atoms with Crippen LogP contribution in [0.25, 0.3) is 11.1 Å². The van der Waals surface area contributed by atoms with Gasteiger partial charge in [0.15, 0.2) is 0 Å². The second-order valence-electron chi connectivity index (χ2n) is 5.48. The highest BCUT2D eigenvalue weighted by Gasteiger charge is 2.10. The molecule has 0 unspecified atom stereocenters. The monoisotopic (exact) mass is 310 g/mol. The molecule has 2 aromatic carbocycles.